The minimum atomic E-state index is -3.92. The monoisotopic (exact) mass is 847 g/mol. The van der Waals surface area contributed by atoms with Gasteiger partial charge in [-0.15, -0.1) is 11.3 Å². The Balaban J connectivity index is 1.15. The van der Waals surface area contributed by atoms with Crippen LogP contribution in [0.25, 0.3) is 32.6 Å². The lowest BCUT2D eigenvalue weighted by Crippen LogP contribution is -2.58. The van der Waals surface area contributed by atoms with Crippen LogP contribution in [0.5, 0.6) is 11.5 Å². The number of pyridine rings is 1. The predicted molar refractivity (Wildman–Crippen MR) is 220 cm³/mol. The maximum atomic E-state index is 14.7. The molecule has 5 heterocycles. The highest BCUT2D eigenvalue weighted by Gasteiger charge is 2.62. The van der Waals surface area contributed by atoms with Gasteiger partial charge in [-0.1, -0.05) is 31.1 Å². The van der Waals surface area contributed by atoms with E-state index in [0.29, 0.717) is 66.0 Å². The van der Waals surface area contributed by atoms with Gasteiger partial charge in [0.1, 0.15) is 46.2 Å². The molecule has 0 bridgehead atoms. The van der Waals surface area contributed by atoms with Gasteiger partial charge in [0.05, 0.1) is 29.5 Å². The number of benzene rings is 1. The molecule has 8 rings (SSSR count). The van der Waals surface area contributed by atoms with Gasteiger partial charge >= 0.3 is 6.09 Å². The molecule has 3 aromatic heterocycles. The van der Waals surface area contributed by atoms with E-state index in [2.05, 4.69) is 15.4 Å². The van der Waals surface area contributed by atoms with Gasteiger partial charge < -0.3 is 34.2 Å². The van der Waals surface area contributed by atoms with E-state index in [4.69, 9.17) is 23.6 Å². The van der Waals surface area contributed by atoms with Gasteiger partial charge in [0.15, 0.2) is 11.3 Å². The minimum absolute atomic E-state index is 0.0154. The third kappa shape index (κ3) is 8.62. The number of amides is 4. The van der Waals surface area contributed by atoms with Crippen molar-refractivity contribution in [2.75, 3.05) is 13.7 Å². The molecule has 4 amide bonds. The molecule has 0 spiro atoms. The molecule has 2 aliphatic heterocycles. The number of ether oxygens (including phenoxy) is 3. The number of alkyl carbamates (subject to hydrolysis) is 1. The Morgan fingerprint density at radius 2 is 1.90 bits per heavy atom. The van der Waals surface area contributed by atoms with Crippen molar-refractivity contribution in [2.24, 2.45) is 5.92 Å². The highest BCUT2D eigenvalue weighted by molar-refractivity contribution is 7.91. The fraction of sp³-hybridized carbons (Fsp3) is 0.500. The third-order valence-electron chi connectivity index (χ3n) is 11.2. The van der Waals surface area contributed by atoms with Crippen molar-refractivity contribution < 1.29 is 46.2 Å². The zero-order chi connectivity index (χ0) is 41.7. The van der Waals surface area contributed by atoms with Gasteiger partial charge in [0.2, 0.25) is 21.8 Å². The van der Waals surface area contributed by atoms with E-state index in [-0.39, 0.29) is 19.4 Å². The second kappa shape index (κ2) is 15.8. The van der Waals surface area contributed by atoms with Crippen LogP contribution in [0.3, 0.4) is 0 Å². The Morgan fingerprint density at radius 3 is 2.63 bits per heavy atom. The summed E-state index contributed by atoms with van der Waals surface area (Å²) in [5.41, 5.74) is -0.237. The summed E-state index contributed by atoms with van der Waals surface area (Å²) >= 11 is 1.51. The van der Waals surface area contributed by atoms with E-state index in [1.54, 1.807) is 40.0 Å². The number of hydrogen-bond acceptors (Lipinski definition) is 12. The summed E-state index contributed by atoms with van der Waals surface area (Å²) in [7, 11) is -2.35. The highest BCUT2D eigenvalue weighted by Crippen LogP contribution is 2.46. The number of hydrogen-bond donors (Lipinski definition) is 3. The van der Waals surface area contributed by atoms with Crippen LogP contribution in [-0.2, 0) is 29.1 Å². The molecule has 17 heteroatoms. The lowest BCUT2D eigenvalue weighted by molar-refractivity contribution is -0.141. The van der Waals surface area contributed by atoms with Crippen LogP contribution in [0, 0.1) is 5.92 Å². The molecule has 1 aromatic carbocycles. The number of thiophene rings is 1. The molecule has 4 aliphatic rings. The van der Waals surface area contributed by atoms with Crippen molar-refractivity contribution in [1.29, 1.82) is 0 Å². The largest absolute Gasteiger partial charge is 0.497 e. The number of methoxy groups -OCH3 is 1. The number of rotatable bonds is 8. The number of aromatic nitrogens is 1. The molecule has 0 unspecified atom stereocenters. The quantitative estimate of drug-likeness (QED) is 0.177. The molecule has 5 atom stereocenters. The van der Waals surface area contributed by atoms with Crippen molar-refractivity contribution in [3.63, 3.8) is 0 Å². The van der Waals surface area contributed by atoms with Crippen LogP contribution in [0.1, 0.15) is 78.6 Å². The maximum Gasteiger partial charge on any atom is 0.408 e. The number of fused-ring (bicyclic) bond motifs is 5. The first-order valence-electron chi connectivity index (χ1n) is 20.1. The van der Waals surface area contributed by atoms with Crippen LogP contribution in [-0.4, -0.2) is 90.3 Å². The second-order valence-electron chi connectivity index (χ2n) is 16.8. The van der Waals surface area contributed by atoms with E-state index in [9.17, 15) is 27.6 Å². The van der Waals surface area contributed by atoms with Crippen LogP contribution in [0.2, 0.25) is 0 Å². The standard InChI is InChI=1S/C42H49N5O10S2/c1-41(2,3)57-40(51)44-29-12-9-7-5-6-8-11-24-22-42(24,39(50)46-59(52,53)27-15-16-27)45-37(48)31-19-26(23-47(31)38(29)49)55-33-21-30(34-13-10-18-58-34)43-35-28-17-14-25(54-4)20-32(28)56-36(33)35/h8,10-11,13-14,17-18,20-21,24,26-27,29,31H,5-7,9,12,15-16,19,22-23H2,1-4H3,(H,44,51)(H,45,48)(H,46,50)/b11-8-/t24-,26+,29-,31-,42+/m0/s1. The van der Waals surface area contributed by atoms with Gasteiger partial charge in [-0.2, -0.15) is 0 Å². The highest BCUT2D eigenvalue weighted by atomic mass is 32.2. The van der Waals surface area contributed by atoms with Crippen LogP contribution >= 0.6 is 11.3 Å². The molecule has 314 valence electrons. The Kier molecular flexibility index (Phi) is 10.9. The van der Waals surface area contributed by atoms with E-state index < -0.39 is 74.3 Å². The zero-order valence-electron chi connectivity index (χ0n) is 33.4. The summed E-state index contributed by atoms with van der Waals surface area (Å²) in [6.07, 6.45) is 6.55. The number of carbonyl (C=O) groups excluding carboxylic acids is 4. The molecule has 4 aromatic rings. The van der Waals surface area contributed by atoms with E-state index in [1.165, 1.54) is 16.2 Å². The number of nitrogens with zero attached hydrogens (tertiary/aromatic N) is 2. The normalized spacial score (nSPS) is 25.9. The second-order valence-corrected chi connectivity index (χ2v) is 19.7. The SMILES string of the molecule is COc1ccc2c(c1)oc1c(O[C@@H]3C[C@H]4C(=O)N[C@]5(C(=O)NS(=O)(=O)C6CC6)C[C@@H]5/C=C\CCCCC[C@H](NC(=O)OC(C)(C)C)C(=O)N4C3)cc(-c3cccs3)nc12. The number of nitrogens with one attached hydrogen (secondary N) is 3. The van der Waals surface area contributed by atoms with Crippen molar-refractivity contribution in [3.8, 4) is 22.1 Å². The molecular formula is C42H49N5O10S2. The lowest BCUT2D eigenvalue weighted by atomic mass is 10.0. The Hall–Kier alpha value is -5.16. The zero-order valence-corrected chi connectivity index (χ0v) is 35.1. The third-order valence-corrected chi connectivity index (χ3v) is 13.9. The predicted octanol–water partition coefficient (Wildman–Crippen LogP) is 5.96. The smallest absolute Gasteiger partial charge is 0.408 e. The summed E-state index contributed by atoms with van der Waals surface area (Å²) < 4.78 is 52.1. The van der Waals surface area contributed by atoms with Gasteiger partial charge in [0.25, 0.3) is 5.91 Å². The first-order valence-corrected chi connectivity index (χ1v) is 22.5. The van der Waals surface area contributed by atoms with E-state index in [1.807, 2.05) is 41.8 Å². The minimum Gasteiger partial charge on any atom is -0.497 e. The Bertz CT molecular complexity index is 2420. The Labute approximate surface area is 346 Å². The fourth-order valence-electron chi connectivity index (χ4n) is 7.93. The van der Waals surface area contributed by atoms with Gasteiger partial charge in [-0.05, 0) is 82.9 Å². The number of allylic oxidation sites excluding steroid dienone is 1. The maximum absolute atomic E-state index is 14.7. The molecule has 2 saturated carbocycles. The van der Waals surface area contributed by atoms with Crippen molar-refractivity contribution in [2.45, 2.75) is 113 Å². The van der Waals surface area contributed by atoms with E-state index in [0.717, 1.165) is 23.1 Å². The summed E-state index contributed by atoms with van der Waals surface area (Å²) in [5, 5.41) is 7.71. The van der Waals surface area contributed by atoms with E-state index >= 15 is 0 Å². The fourth-order valence-corrected chi connectivity index (χ4v) is 9.98. The molecule has 3 fully saturated rings. The van der Waals surface area contributed by atoms with Crippen LogP contribution < -0.4 is 24.8 Å². The molecule has 1 saturated heterocycles. The first kappa shape index (κ1) is 40.6. The molecular weight excluding hydrogens is 799 g/mol. The molecule has 2 aliphatic carbocycles. The Morgan fingerprint density at radius 1 is 1.08 bits per heavy atom. The number of furan rings is 1. The lowest BCUT2D eigenvalue weighted by Gasteiger charge is -2.30. The summed E-state index contributed by atoms with van der Waals surface area (Å²) in [6, 6.07) is 8.92. The summed E-state index contributed by atoms with van der Waals surface area (Å²) in [6.45, 7) is 5.14. The molecule has 3 N–H and O–H groups in total. The van der Waals surface area contributed by atoms with Crippen molar-refractivity contribution >= 4 is 67.2 Å². The first-order chi connectivity index (χ1) is 28.1. The van der Waals surface area contributed by atoms with Crippen LogP contribution in [0.15, 0.2) is 58.3 Å². The van der Waals surface area contributed by atoms with Crippen molar-refractivity contribution in [3.05, 3.63) is 53.9 Å². The summed E-state index contributed by atoms with van der Waals surface area (Å²) in [4.78, 5) is 63.5. The summed E-state index contributed by atoms with van der Waals surface area (Å²) in [5.74, 6) is -1.44. The molecule has 0 radical (unpaired) electrons. The van der Waals surface area contributed by atoms with Gasteiger partial charge in [-0.3, -0.25) is 19.1 Å². The number of carbonyl (C=O) groups is 4. The van der Waals surface area contributed by atoms with Gasteiger partial charge in [0, 0.05) is 29.9 Å². The van der Waals surface area contributed by atoms with Crippen LogP contribution in [0.4, 0.5) is 4.79 Å². The average Bonchev–Trinajstić information content (AvgIpc) is 3.97. The van der Waals surface area contributed by atoms with Crippen molar-refractivity contribution in [1.82, 2.24) is 25.2 Å². The molecule has 15 nitrogen and oxygen atoms in total. The average molecular weight is 848 g/mol. The van der Waals surface area contributed by atoms with Gasteiger partial charge in [-0.25, -0.2) is 18.2 Å². The topological polar surface area (TPSA) is 195 Å². The molecule has 59 heavy (non-hydrogen) atoms. The number of sulfonamides is 1.